The second-order valence-corrected chi connectivity index (χ2v) is 7.07. The van der Waals surface area contributed by atoms with E-state index in [4.69, 9.17) is 4.74 Å². The van der Waals surface area contributed by atoms with Crippen molar-refractivity contribution in [3.05, 3.63) is 40.5 Å². The number of fused-ring (bicyclic) bond motifs is 1. The number of carbonyl (C=O) groups is 1. The van der Waals surface area contributed by atoms with Gasteiger partial charge in [0.05, 0.1) is 11.8 Å². The van der Waals surface area contributed by atoms with Gasteiger partial charge >= 0.3 is 0 Å². The minimum absolute atomic E-state index is 0.204. The molecule has 0 spiro atoms. The number of nitrogens with zero attached hydrogens (tertiary/aromatic N) is 4. The number of methoxy groups -OCH3 is 1. The van der Waals surface area contributed by atoms with Crippen LogP contribution in [0, 0.1) is 6.92 Å². The zero-order valence-corrected chi connectivity index (χ0v) is 15.9. The van der Waals surface area contributed by atoms with Gasteiger partial charge in [0, 0.05) is 18.3 Å². The average Bonchev–Trinajstić information content (AvgIpc) is 3.14. The molecule has 1 aromatic carbocycles. The number of amides is 1. The molecule has 0 aliphatic heterocycles. The molecule has 3 rings (SSSR count). The predicted octanol–water partition coefficient (Wildman–Crippen LogP) is 3.56. The summed E-state index contributed by atoms with van der Waals surface area (Å²) in [5.41, 5.74) is 2.29. The monoisotopic (exact) mass is 358 g/mol. The molecular formula is C18H22N4O2S. The second-order valence-electron chi connectivity index (χ2n) is 6.06. The first-order chi connectivity index (χ1) is 12.0. The lowest BCUT2D eigenvalue weighted by Gasteiger charge is -2.06. The molecule has 0 atom stereocenters. The Hall–Kier alpha value is -2.41. The topological polar surface area (TPSA) is 61.4 Å². The van der Waals surface area contributed by atoms with E-state index in [1.165, 1.54) is 11.3 Å². The highest BCUT2D eigenvalue weighted by Gasteiger charge is 2.15. The van der Waals surface area contributed by atoms with E-state index in [1.54, 1.807) is 13.2 Å². The zero-order chi connectivity index (χ0) is 18.1. The molecular weight excluding hydrogens is 336 g/mol. The fourth-order valence-corrected chi connectivity index (χ4v) is 4.01. The molecule has 0 unspecified atom stereocenters. The Kier molecular flexibility index (Phi) is 4.76. The van der Waals surface area contributed by atoms with E-state index in [9.17, 15) is 4.79 Å². The Labute approximate surface area is 150 Å². The van der Waals surface area contributed by atoms with E-state index in [-0.39, 0.29) is 11.9 Å². The van der Waals surface area contributed by atoms with Gasteiger partial charge in [-0.05, 0) is 45.9 Å². The molecule has 2 aromatic heterocycles. The van der Waals surface area contributed by atoms with Crippen LogP contribution in [0.1, 0.15) is 43.0 Å². The lowest BCUT2D eigenvalue weighted by molar-refractivity contribution is 0.0992. The Morgan fingerprint density at radius 3 is 2.76 bits per heavy atom. The molecule has 7 heteroatoms. The van der Waals surface area contributed by atoms with E-state index < -0.39 is 0 Å². The summed E-state index contributed by atoms with van der Waals surface area (Å²) in [5.74, 6) is 0.458. The largest absolute Gasteiger partial charge is 0.495 e. The number of rotatable bonds is 4. The van der Waals surface area contributed by atoms with Gasteiger partial charge in [-0.15, -0.1) is 0 Å². The maximum atomic E-state index is 12.6. The van der Waals surface area contributed by atoms with Crippen molar-refractivity contribution in [2.24, 2.45) is 4.99 Å². The molecule has 6 nitrogen and oxygen atoms in total. The quantitative estimate of drug-likeness (QED) is 0.716. The van der Waals surface area contributed by atoms with Crippen LogP contribution in [0.3, 0.4) is 0 Å². The van der Waals surface area contributed by atoms with Crippen molar-refractivity contribution in [3.63, 3.8) is 0 Å². The van der Waals surface area contributed by atoms with Gasteiger partial charge in [-0.1, -0.05) is 17.4 Å². The first kappa shape index (κ1) is 17.4. The van der Waals surface area contributed by atoms with Gasteiger partial charge in [0.25, 0.3) is 5.91 Å². The first-order valence-electron chi connectivity index (χ1n) is 8.27. The van der Waals surface area contributed by atoms with Crippen LogP contribution >= 0.6 is 11.3 Å². The molecule has 0 fully saturated rings. The number of hydrogen-bond donors (Lipinski definition) is 0. The van der Waals surface area contributed by atoms with Gasteiger partial charge < -0.3 is 9.30 Å². The molecule has 0 aliphatic carbocycles. The van der Waals surface area contributed by atoms with Crippen LogP contribution in [0.25, 0.3) is 10.2 Å². The fourth-order valence-electron chi connectivity index (χ4n) is 2.90. The highest BCUT2D eigenvalue weighted by Crippen LogP contribution is 2.27. The molecule has 3 aromatic rings. The van der Waals surface area contributed by atoms with E-state index >= 15 is 0 Å². The molecule has 132 valence electrons. The minimum atomic E-state index is -0.324. The van der Waals surface area contributed by atoms with Crippen LogP contribution in [0.4, 0.5) is 0 Å². The lowest BCUT2D eigenvalue weighted by atomic mass is 10.3. The molecule has 0 saturated carbocycles. The van der Waals surface area contributed by atoms with Crippen molar-refractivity contribution in [1.29, 1.82) is 0 Å². The van der Waals surface area contributed by atoms with E-state index in [1.807, 2.05) is 55.1 Å². The Bertz CT molecular complexity index is 994. The zero-order valence-electron chi connectivity index (χ0n) is 15.1. The molecule has 0 saturated heterocycles. The summed E-state index contributed by atoms with van der Waals surface area (Å²) in [4.78, 5) is 17.6. The third-order valence-electron chi connectivity index (χ3n) is 4.03. The Morgan fingerprint density at radius 1 is 1.40 bits per heavy atom. The number of aromatic nitrogens is 3. The summed E-state index contributed by atoms with van der Waals surface area (Å²) >= 11 is 1.48. The van der Waals surface area contributed by atoms with Crippen LogP contribution in [0.15, 0.2) is 29.3 Å². The number of benzene rings is 1. The van der Waals surface area contributed by atoms with Crippen LogP contribution in [-0.4, -0.2) is 27.4 Å². The molecule has 0 bridgehead atoms. The smallest absolute Gasteiger partial charge is 0.300 e. The van der Waals surface area contributed by atoms with Gasteiger partial charge in [-0.25, -0.2) is 0 Å². The number of hydrogen-bond acceptors (Lipinski definition) is 4. The summed E-state index contributed by atoms with van der Waals surface area (Å²) in [6.07, 6.45) is 0. The van der Waals surface area contributed by atoms with E-state index in [0.717, 1.165) is 21.7 Å². The van der Waals surface area contributed by atoms with Crippen molar-refractivity contribution < 1.29 is 9.53 Å². The Balaban J connectivity index is 2.12. The summed E-state index contributed by atoms with van der Waals surface area (Å²) in [6.45, 7) is 8.75. The maximum absolute atomic E-state index is 12.6. The van der Waals surface area contributed by atoms with Crippen molar-refractivity contribution >= 4 is 27.5 Å². The summed E-state index contributed by atoms with van der Waals surface area (Å²) < 4.78 is 10.3. The first-order valence-corrected chi connectivity index (χ1v) is 9.09. The predicted molar refractivity (Wildman–Crippen MR) is 99.3 cm³/mol. The normalized spacial score (nSPS) is 12.3. The van der Waals surface area contributed by atoms with Crippen LogP contribution in [0.5, 0.6) is 5.75 Å². The van der Waals surface area contributed by atoms with Crippen LogP contribution in [0.2, 0.25) is 0 Å². The minimum Gasteiger partial charge on any atom is -0.495 e. The third-order valence-corrected chi connectivity index (χ3v) is 5.07. The number of ether oxygens (including phenoxy) is 1. The molecule has 0 radical (unpaired) electrons. The number of aryl methyl sites for hydroxylation is 2. The van der Waals surface area contributed by atoms with E-state index in [2.05, 4.69) is 10.1 Å². The summed E-state index contributed by atoms with van der Waals surface area (Å²) in [7, 11) is 1.65. The molecule has 0 aliphatic rings. The number of thiazole rings is 1. The van der Waals surface area contributed by atoms with Gasteiger partial charge in [0.2, 0.25) is 0 Å². The summed E-state index contributed by atoms with van der Waals surface area (Å²) in [5, 5.41) is 4.39. The van der Waals surface area contributed by atoms with E-state index in [0.29, 0.717) is 17.0 Å². The highest BCUT2D eigenvalue weighted by atomic mass is 32.1. The van der Waals surface area contributed by atoms with Gasteiger partial charge in [0.15, 0.2) is 10.5 Å². The van der Waals surface area contributed by atoms with Gasteiger partial charge in [0.1, 0.15) is 11.3 Å². The van der Waals surface area contributed by atoms with Crippen LogP contribution in [-0.2, 0) is 6.54 Å². The van der Waals surface area contributed by atoms with Crippen molar-refractivity contribution in [2.45, 2.75) is 40.3 Å². The van der Waals surface area contributed by atoms with Gasteiger partial charge in [-0.2, -0.15) is 10.1 Å². The number of para-hydroxylation sites is 1. The van der Waals surface area contributed by atoms with Crippen molar-refractivity contribution in [3.8, 4) is 5.75 Å². The van der Waals surface area contributed by atoms with Crippen molar-refractivity contribution in [2.75, 3.05) is 7.11 Å². The SMILES string of the molecule is CCn1c(=NC(=O)c2cc(C)n(C(C)C)n2)sc2cccc(OC)c21. The standard InChI is InChI=1S/C18H22N4O2S/c1-6-21-16-14(24-5)8-7-9-15(16)25-18(21)19-17(23)13-10-12(4)22(20-13)11(2)3/h7-11H,6H2,1-5H3. The lowest BCUT2D eigenvalue weighted by Crippen LogP contribution is -2.16. The maximum Gasteiger partial charge on any atom is 0.300 e. The molecule has 0 N–H and O–H groups in total. The summed E-state index contributed by atoms with van der Waals surface area (Å²) in [6, 6.07) is 7.86. The second kappa shape index (κ2) is 6.84. The Morgan fingerprint density at radius 2 is 2.16 bits per heavy atom. The highest BCUT2D eigenvalue weighted by molar-refractivity contribution is 7.16. The average molecular weight is 358 g/mol. The van der Waals surface area contributed by atoms with Gasteiger partial charge in [-0.3, -0.25) is 9.48 Å². The molecule has 2 heterocycles. The third kappa shape index (κ3) is 3.11. The molecule has 25 heavy (non-hydrogen) atoms. The van der Waals surface area contributed by atoms with Crippen LogP contribution < -0.4 is 9.54 Å². The fraction of sp³-hybridized carbons (Fsp3) is 0.389. The molecule has 1 amide bonds. The number of carbonyl (C=O) groups excluding carboxylic acids is 1. The van der Waals surface area contributed by atoms with Crippen molar-refractivity contribution in [1.82, 2.24) is 14.3 Å².